The summed E-state index contributed by atoms with van der Waals surface area (Å²) < 4.78 is 0.409. The fraction of sp³-hybridized carbons (Fsp3) is 0.938. The lowest BCUT2D eigenvalue weighted by atomic mass is 9.97. The monoisotopic (exact) mass is 286 g/mol. The Morgan fingerprint density at radius 3 is 2.25 bits per heavy atom. The summed E-state index contributed by atoms with van der Waals surface area (Å²) in [7, 11) is 4.00. The van der Waals surface area contributed by atoms with E-state index >= 15 is 0 Å². The Bertz CT molecular complexity index is 266. The number of likely N-dealkylation sites (N-methyl/N-ethyl adjacent to an activating group) is 1. The van der Waals surface area contributed by atoms with Crippen LogP contribution in [0.4, 0.5) is 0 Å². The summed E-state index contributed by atoms with van der Waals surface area (Å²) in [5, 5.41) is 0. The maximum absolute atomic E-state index is 12.5. The van der Waals surface area contributed by atoms with Gasteiger partial charge in [0.05, 0.1) is 20.6 Å². The fourth-order valence-electron chi connectivity index (χ4n) is 2.73. The van der Waals surface area contributed by atoms with E-state index in [0.29, 0.717) is 16.9 Å². The van der Waals surface area contributed by atoms with E-state index in [4.69, 9.17) is 11.5 Å². The molecule has 0 aromatic heterocycles. The molecule has 0 rings (SSSR count). The third-order valence-corrected chi connectivity index (χ3v) is 4.14. The molecule has 0 bridgehead atoms. The number of nitrogens with zero attached hydrogens (tertiary/aromatic N) is 1. The highest BCUT2D eigenvalue weighted by Gasteiger charge is 2.33. The van der Waals surface area contributed by atoms with Crippen molar-refractivity contribution in [3.05, 3.63) is 0 Å². The summed E-state index contributed by atoms with van der Waals surface area (Å²) in [5.41, 5.74) is 11.5. The van der Waals surface area contributed by atoms with Gasteiger partial charge in [0.2, 0.25) is 0 Å². The zero-order valence-electron chi connectivity index (χ0n) is 14.0. The smallest absolute Gasteiger partial charge is 0.330 e. The average Bonchev–Trinajstić information content (AvgIpc) is 2.42. The Morgan fingerprint density at radius 2 is 1.75 bits per heavy atom. The van der Waals surface area contributed by atoms with Crippen molar-refractivity contribution in [2.45, 2.75) is 64.8 Å². The summed E-state index contributed by atoms with van der Waals surface area (Å²) in [6.07, 6.45) is 7.45. The number of quaternary nitrogens is 1. The van der Waals surface area contributed by atoms with Crippen LogP contribution in [0.2, 0.25) is 0 Å². The second-order valence-electron chi connectivity index (χ2n) is 6.51. The summed E-state index contributed by atoms with van der Waals surface area (Å²) in [6.45, 7) is 6.01. The molecule has 4 nitrogen and oxygen atoms in total. The van der Waals surface area contributed by atoms with Crippen LogP contribution in [-0.4, -0.2) is 43.6 Å². The van der Waals surface area contributed by atoms with Gasteiger partial charge in [-0.15, -0.1) is 0 Å². The number of hydrogen-bond donors (Lipinski definition) is 2. The van der Waals surface area contributed by atoms with Crippen molar-refractivity contribution in [1.29, 1.82) is 0 Å². The summed E-state index contributed by atoms with van der Waals surface area (Å²) in [4.78, 5) is 12.5. The molecule has 0 aromatic carbocycles. The summed E-state index contributed by atoms with van der Waals surface area (Å²) >= 11 is 0. The molecule has 20 heavy (non-hydrogen) atoms. The summed E-state index contributed by atoms with van der Waals surface area (Å²) in [5.74, 6) is 0.780. The SMILES string of the molecule is CCCCC(CC)C[N+](C)(C)C(=O)[C@@H](N)CCCCN. The molecule has 0 aliphatic heterocycles. The number of unbranched alkanes of at least 4 members (excludes halogenated alkanes) is 2. The molecule has 1 unspecified atom stereocenters. The minimum atomic E-state index is -0.347. The minimum absolute atomic E-state index is 0.164. The molecule has 0 aliphatic rings. The third kappa shape index (κ3) is 7.36. The van der Waals surface area contributed by atoms with Gasteiger partial charge in [-0.05, 0) is 38.6 Å². The van der Waals surface area contributed by atoms with Crippen LogP contribution in [0.3, 0.4) is 0 Å². The highest BCUT2D eigenvalue weighted by molar-refractivity contribution is 5.74. The number of carbonyl (C=O) groups excluding carboxylic acids is 1. The number of hydrogen-bond acceptors (Lipinski definition) is 3. The number of rotatable bonds is 11. The molecule has 0 saturated heterocycles. The van der Waals surface area contributed by atoms with Crippen molar-refractivity contribution in [3.63, 3.8) is 0 Å². The lowest BCUT2D eigenvalue weighted by Gasteiger charge is -2.32. The topological polar surface area (TPSA) is 69.1 Å². The van der Waals surface area contributed by atoms with E-state index < -0.39 is 0 Å². The quantitative estimate of drug-likeness (QED) is 0.452. The molecule has 0 heterocycles. The van der Waals surface area contributed by atoms with Gasteiger partial charge in [-0.3, -0.25) is 4.48 Å². The Hall–Kier alpha value is -0.450. The van der Waals surface area contributed by atoms with E-state index in [2.05, 4.69) is 13.8 Å². The lowest BCUT2D eigenvalue weighted by molar-refractivity contribution is -0.818. The van der Waals surface area contributed by atoms with Crippen LogP contribution < -0.4 is 11.5 Å². The van der Waals surface area contributed by atoms with Gasteiger partial charge in [-0.2, -0.15) is 0 Å². The van der Waals surface area contributed by atoms with Gasteiger partial charge in [0.25, 0.3) is 0 Å². The molecule has 0 radical (unpaired) electrons. The third-order valence-electron chi connectivity index (χ3n) is 4.14. The molecule has 4 heteroatoms. The van der Waals surface area contributed by atoms with Crippen molar-refractivity contribution < 1.29 is 9.28 Å². The van der Waals surface area contributed by atoms with Crippen molar-refractivity contribution in [2.24, 2.45) is 17.4 Å². The van der Waals surface area contributed by atoms with E-state index in [1.165, 1.54) is 19.3 Å². The second-order valence-corrected chi connectivity index (χ2v) is 6.51. The number of carbonyl (C=O) groups is 1. The molecular weight excluding hydrogens is 250 g/mol. The molecular formula is C16H36N3O+. The molecule has 0 spiro atoms. The van der Waals surface area contributed by atoms with Gasteiger partial charge in [0.15, 0.2) is 0 Å². The first-order valence-electron chi connectivity index (χ1n) is 8.22. The highest BCUT2D eigenvalue weighted by Crippen LogP contribution is 2.18. The number of nitrogens with two attached hydrogens (primary N) is 2. The molecule has 0 aromatic rings. The van der Waals surface area contributed by atoms with E-state index in [1.807, 2.05) is 14.1 Å². The number of amides is 1. The zero-order chi connectivity index (χ0) is 15.6. The van der Waals surface area contributed by atoms with E-state index in [9.17, 15) is 4.79 Å². The first kappa shape index (κ1) is 19.6. The first-order chi connectivity index (χ1) is 9.38. The summed E-state index contributed by atoms with van der Waals surface area (Å²) in [6, 6.07) is -0.347. The van der Waals surface area contributed by atoms with E-state index in [1.54, 1.807) is 0 Å². The van der Waals surface area contributed by atoms with Crippen LogP contribution in [0.15, 0.2) is 0 Å². The fourth-order valence-corrected chi connectivity index (χ4v) is 2.73. The van der Waals surface area contributed by atoms with Crippen LogP contribution in [0.5, 0.6) is 0 Å². The maximum Gasteiger partial charge on any atom is 0.330 e. The van der Waals surface area contributed by atoms with Crippen LogP contribution in [0.25, 0.3) is 0 Å². The van der Waals surface area contributed by atoms with Crippen molar-refractivity contribution in [2.75, 3.05) is 27.2 Å². The van der Waals surface area contributed by atoms with Crippen LogP contribution >= 0.6 is 0 Å². The average molecular weight is 286 g/mol. The molecule has 2 atom stereocenters. The zero-order valence-corrected chi connectivity index (χ0v) is 14.0. The van der Waals surface area contributed by atoms with Crippen molar-refractivity contribution in [3.8, 4) is 0 Å². The van der Waals surface area contributed by atoms with E-state index in [0.717, 1.165) is 32.2 Å². The van der Waals surface area contributed by atoms with Crippen LogP contribution in [0.1, 0.15) is 58.8 Å². The largest absolute Gasteiger partial charge is 0.330 e. The van der Waals surface area contributed by atoms with Gasteiger partial charge in [0, 0.05) is 5.92 Å². The van der Waals surface area contributed by atoms with Gasteiger partial charge in [-0.25, -0.2) is 4.79 Å². The first-order valence-corrected chi connectivity index (χ1v) is 8.22. The Morgan fingerprint density at radius 1 is 1.10 bits per heavy atom. The molecule has 120 valence electrons. The Kier molecular flexibility index (Phi) is 10.1. The predicted molar refractivity (Wildman–Crippen MR) is 86.2 cm³/mol. The van der Waals surface area contributed by atoms with Crippen molar-refractivity contribution >= 4 is 5.91 Å². The molecule has 1 amide bonds. The Balaban J connectivity index is 4.39. The maximum atomic E-state index is 12.5. The Labute approximate surface area is 125 Å². The van der Waals surface area contributed by atoms with Gasteiger partial charge < -0.3 is 11.5 Å². The predicted octanol–water partition coefficient (Wildman–Crippen LogP) is 2.26. The van der Waals surface area contributed by atoms with Gasteiger partial charge in [-0.1, -0.05) is 26.7 Å². The van der Waals surface area contributed by atoms with Crippen molar-refractivity contribution in [1.82, 2.24) is 0 Å². The van der Waals surface area contributed by atoms with E-state index in [-0.39, 0.29) is 11.9 Å². The minimum Gasteiger partial charge on any atom is -0.330 e. The molecule has 4 N–H and O–H groups in total. The van der Waals surface area contributed by atoms with Crippen LogP contribution in [-0.2, 0) is 4.79 Å². The lowest BCUT2D eigenvalue weighted by Crippen LogP contribution is -2.55. The van der Waals surface area contributed by atoms with Crippen LogP contribution in [0, 0.1) is 5.92 Å². The highest BCUT2D eigenvalue weighted by atomic mass is 16.2. The molecule has 0 saturated carbocycles. The standard InChI is InChI=1S/C16H36N3O/c1-5-7-10-14(6-2)13-19(3,4)16(20)15(18)11-8-9-12-17/h14-15H,5-13,17-18H2,1-4H3/q+1/t14?,15-/m0/s1. The van der Waals surface area contributed by atoms with Gasteiger partial charge in [0.1, 0.15) is 6.04 Å². The molecule has 0 fully saturated rings. The molecule has 0 aliphatic carbocycles. The normalized spacial score (nSPS) is 15.1. The van der Waals surface area contributed by atoms with Gasteiger partial charge >= 0.3 is 5.91 Å². The second kappa shape index (κ2) is 10.3.